The number of ether oxygens (including phenoxy) is 2. The molecule has 2 N–H and O–H groups in total. The number of carbonyl (C=O) groups excluding carboxylic acids is 1. The second-order valence-corrected chi connectivity index (χ2v) is 9.56. The summed E-state index contributed by atoms with van der Waals surface area (Å²) < 4.78 is 11.7. The van der Waals surface area contributed by atoms with Gasteiger partial charge >= 0.3 is 0 Å². The SMILES string of the molecule is COc1ccc(CC(=O)NC2C=CC3C4Cc5ccc(O)c6c5C3(CCN4C)C2O6)cc1. The third kappa shape index (κ3) is 2.65. The van der Waals surface area contributed by atoms with Gasteiger partial charge in [-0.1, -0.05) is 30.4 Å². The number of likely N-dealkylation sites (tertiary alicyclic amines) is 1. The van der Waals surface area contributed by atoms with E-state index in [2.05, 4.69) is 35.5 Å². The van der Waals surface area contributed by atoms with Crippen molar-refractivity contribution < 1.29 is 19.4 Å². The van der Waals surface area contributed by atoms with Crippen molar-refractivity contribution in [2.75, 3.05) is 20.7 Å². The molecule has 166 valence electrons. The van der Waals surface area contributed by atoms with E-state index >= 15 is 0 Å². The molecule has 1 saturated heterocycles. The molecule has 6 nitrogen and oxygen atoms in total. The van der Waals surface area contributed by atoms with E-state index in [0.29, 0.717) is 24.1 Å². The summed E-state index contributed by atoms with van der Waals surface area (Å²) in [6.45, 7) is 0.982. The Labute approximate surface area is 187 Å². The predicted octanol–water partition coefficient (Wildman–Crippen LogP) is 2.57. The fourth-order valence-electron chi connectivity index (χ4n) is 6.55. The van der Waals surface area contributed by atoms with Gasteiger partial charge in [-0.05, 0) is 55.8 Å². The number of hydrogen-bond acceptors (Lipinski definition) is 5. The summed E-state index contributed by atoms with van der Waals surface area (Å²) >= 11 is 0. The highest BCUT2D eigenvalue weighted by Crippen LogP contribution is 2.62. The first-order valence-electron chi connectivity index (χ1n) is 11.3. The quantitative estimate of drug-likeness (QED) is 0.727. The van der Waals surface area contributed by atoms with Gasteiger partial charge in [0.25, 0.3) is 0 Å². The van der Waals surface area contributed by atoms with Gasteiger partial charge in [0.2, 0.25) is 5.91 Å². The van der Waals surface area contributed by atoms with Gasteiger partial charge in [0.15, 0.2) is 11.5 Å². The van der Waals surface area contributed by atoms with Crippen LogP contribution in [0.3, 0.4) is 0 Å². The Morgan fingerprint density at radius 1 is 1.25 bits per heavy atom. The van der Waals surface area contributed by atoms with Crippen molar-refractivity contribution in [2.24, 2.45) is 5.92 Å². The number of nitrogens with zero attached hydrogens (tertiary/aromatic N) is 1. The zero-order valence-corrected chi connectivity index (χ0v) is 18.4. The molecule has 32 heavy (non-hydrogen) atoms. The first-order chi connectivity index (χ1) is 15.5. The first kappa shape index (κ1) is 19.7. The van der Waals surface area contributed by atoms with Crippen molar-refractivity contribution in [1.82, 2.24) is 10.2 Å². The summed E-state index contributed by atoms with van der Waals surface area (Å²) in [6.07, 6.45) is 6.40. The molecule has 0 radical (unpaired) electrons. The Balaban J connectivity index is 1.32. The highest BCUT2D eigenvalue weighted by Gasteiger charge is 2.64. The smallest absolute Gasteiger partial charge is 0.225 e. The van der Waals surface area contributed by atoms with Gasteiger partial charge in [-0.3, -0.25) is 4.79 Å². The second kappa shape index (κ2) is 7.01. The fourth-order valence-corrected chi connectivity index (χ4v) is 6.55. The summed E-state index contributed by atoms with van der Waals surface area (Å²) in [5, 5.41) is 13.8. The fraction of sp³-hybridized carbons (Fsp3) is 0.423. The van der Waals surface area contributed by atoms with Crippen molar-refractivity contribution in [1.29, 1.82) is 0 Å². The topological polar surface area (TPSA) is 71.0 Å². The lowest BCUT2D eigenvalue weighted by molar-refractivity contribution is -0.122. The maximum Gasteiger partial charge on any atom is 0.225 e. The van der Waals surface area contributed by atoms with E-state index in [1.165, 1.54) is 11.1 Å². The molecule has 2 heterocycles. The Morgan fingerprint density at radius 2 is 2.06 bits per heavy atom. The van der Waals surface area contributed by atoms with Gasteiger partial charge in [-0.2, -0.15) is 0 Å². The Bertz CT molecular complexity index is 1110. The third-order valence-corrected chi connectivity index (χ3v) is 8.03. The van der Waals surface area contributed by atoms with E-state index in [0.717, 1.165) is 30.7 Å². The highest BCUT2D eigenvalue weighted by molar-refractivity contribution is 5.79. The molecule has 1 spiro atoms. The van der Waals surface area contributed by atoms with Gasteiger partial charge in [0.05, 0.1) is 19.6 Å². The largest absolute Gasteiger partial charge is 0.504 e. The van der Waals surface area contributed by atoms with Gasteiger partial charge in [0.1, 0.15) is 11.9 Å². The van der Waals surface area contributed by atoms with Crippen LogP contribution < -0.4 is 14.8 Å². The van der Waals surface area contributed by atoms with Gasteiger partial charge < -0.3 is 24.8 Å². The van der Waals surface area contributed by atoms with Crippen molar-refractivity contribution in [3.63, 3.8) is 0 Å². The van der Waals surface area contributed by atoms with Crippen LogP contribution in [0.4, 0.5) is 0 Å². The number of phenolic OH excluding ortho intramolecular Hbond substituents is 1. The number of piperidine rings is 1. The molecule has 5 atom stereocenters. The maximum atomic E-state index is 13.0. The average Bonchev–Trinajstić information content (AvgIpc) is 3.15. The number of hydrogen-bond donors (Lipinski definition) is 2. The van der Waals surface area contributed by atoms with E-state index in [9.17, 15) is 9.90 Å². The molecule has 0 aromatic heterocycles. The molecule has 2 bridgehead atoms. The van der Waals surface area contributed by atoms with Crippen molar-refractivity contribution in [3.8, 4) is 17.2 Å². The van der Waals surface area contributed by atoms with Crippen LogP contribution in [0, 0.1) is 5.92 Å². The van der Waals surface area contributed by atoms with Crippen LogP contribution in [0.15, 0.2) is 48.6 Å². The zero-order chi connectivity index (χ0) is 22.0. The number of aromatic hydroxyl groups is 1. The highest BCUT2D eigenvalue weighted by atomic mass is 16.5. The van der Waals surface area contributed by atoms with Crippen LogP contribution in [-0.4, -0.2) is 54.8 Å². The third-order valence-electron chi connectivity index (χ3n) is 8.03. The summed E-state index contributed by atoms with van der Waals surface area (Å²) in [5.74, 6) is 1.88. The lowest BCUT2D eigenvalue weighted by Crippen LogP contribution is -2.66. The summed E-state index contributed by atoms with van der Waals surface area (Å²) in [4.78, 5) is 15.4. The van der Waals surface area contributed by atoms with E-state index in [1.54, 1.807) is 13.2 Å². The number of amides is 1. The minimum atomic E-state index is -0.237. The Kier molecular flexibility index (Phi) is 4.31. The van der Waals surface area contributed by atoms with Crippen molar-refractivity contribution in [2.45, 2.75) is 42.9 Å². The Hall–Kier alpha value is -2.99. The normalized spacial score (nSPS) is 31.6. The van der Waals surface area contributed by atoms with Crippen LogP contribution in [0.2, 0.25) is 0 Å². The molecule has 1 fully saturated rings. The van der Waals surface area contributed by atoms with Gasteiger partial charge in [-0.15, -0.1) is 0 Å². The van der Waals surface area contributed by atoms with E-state index in [1.807, 2.05) is 24.3 Å². The second-order valence-electron chi connectivity index (χ2n) is 9.56. The van der Waals surface area contributed by atoms with Gasteiger partial charge in [0, 0.05) is 22.9 Å². The van der Waals surface area contributed by atoms with Crippen LogP contribution in [-0.2, 0) is 23.1 Å². The number of benzene rings is 2. The minimum Gasteiger partial charge on any atom is -0.504 e. The molecule has 2 aromatic carbocycles. The number of phenols is 1. The van der Waals surface area contributed by atoms with E-state index in [-0.39, 0.29) is 29.2 Å². The van der Waals surface area contributed by atoms with Crippen LogP contribution in [0.25, 0.3) is 0 Å². The minimum absolute atomic E-state index is 0.0380. The molecule has 6 rings (SSSR count). The van der Waals surface area contributed by atoms with Crippen LogP contribution in [0.1, 0.15) is 23.1 Å². The van der Waals surface area contributed by atoms with E-state index in [4.69, 9.17) is 9.47 Å². The number of likely N-dealkylation sites (N-methyl/N-ethyl adjacent to an activating group) is 1. The molecule has 2 aliphatic heterocycles. The zero-order valence-electron chi connectivity index (χ0n) is 18.4. The molecule has 4 aliphatic rings. The molecule has 5 unspecified atom stereocenters. The molecule has 2 aromatic rings. The molecule has 0 saturated carbocycles. The lowest BCUT2D eigenvalue weighted by atomic mass is 9.53. The molecule has 1 amide bonds. The lowest BCUT2D eigenvalue weighted by Gasteiger charge is -2.57. The van der Waals surface area contributed by atoms with Crippen LogP contribution >= 0.6 is 0 Å². The Morgan fingerprint density at radius 3 is 2.84 bits per heavy atom. The van der Waals surface area contributed by atoms with Crippen LogP contribution in [0.5, 0.6) is 17.2 Å². The monoisotopic (exact) mass is 432 g/mol. The average molecular weight is 433 g/mol. The molecular weight excluding hydrogens is 404 g/mol. The van der Waals surface area contributed by atoms with Gasteiger partial charge in [-0.25, -0.2) is 0 Å². The molecular formula is C26H28N2O4. The molecule has 6 heteroatoms. The van der Waals surface area contributed by atoms with Crippen molar-refractivity contribution >= 4 is 5.91 Å². The first-order valence-corrected chi connectivity index (χ1v) is 11.3. The number of nitrogens with one attached hydrogen (secondary N) is 1. The summed E-state index contributed by atoms with van der Waals surface area (Å²) in [5.41, 5.74) is 3.18. The molecule has 2 aliphatic carbocycles. The summed E-state index contributed by atoms with van der Waals surface area (Å²) in [6, 6.07) is 11.5. The predicted molar refractivity (Wildman–Crippen MR) is 120 cm³/mol. The van der Waals surface area contributed by atoms with E-state index < -0.39 is 0 Å². The number of methoxy groups -OCH3 is 1. The summed E-state index contributed by atoms with van der Waals surface area (Å²) in [7, 11) is 3.83. The number of carbonyl (C=O) groups is 1. The standard InChI is InChI=1S/C26H28N2O4/c1-28-12-11-26-18-8-9-19(27-22(30)13-15-3-6-17(31-2)7-4-15)25(26)32-24-21(29)10-5-16(23(24)26)14-20(18)28/h3-10,18-20,25,29H,11-14H2,1-2H3,(H,27,30). The maximum absolute atomic E-state index is 13.0. The number of rotatable bonds is 4. The van der Waals surface area contributed by atoms with Crippen molar-refractivity contribution in [3.05, 3.63) is 65.2 Å².